The standard InChI is InChI=1S/C25H26N4O3S/c1-16-12-27-25(33-15-18-7-2-3-10-26-18)28-23(16)17-6-5-11-29(13-17)24(31)19-14-32-21-9-4-8-20(30)22(19)21/h2-3,7,10,12,14,17H,4-6,8-9,11,13,15H2,1H3. The molecule has 7 nitrogen and oxygen atoms in total. The van der Waals surface area contributed by atoms with Gasteiger partial charge in [0.05, 0.1) is 22.5 Å². The largest absolute Gasteiger partial charge is 0.468 e. The van der Waals surface area contributed by atoms with Gasteiger partial charge in [0.15, 0.2) is 10.9 Å². The Morgan fingerprint density at radius 3 is 3.00 bits per heavy atom. The second kappa shape index (κ2) is 9.47. The molecule has 0 aromatic carbocycles. The number of carbonyl (C=O) groups excluding carboxylic acids is 2. The van der Waals surface area contributed by atoms with Crippen LogP contribution < -0.4 is 0 Å². The smallest absolute Gasteiger partial charge is 0.257 e. The molecule has 3 aromatic heterocycles. The molecule has 0 N–H and O–H groups in total. The minimum atomic E-state index is -0.114. The van der Waals surface area contributed by atoms with Crippen LogP contribution in [0.15, 0.2) is 46.4 Å². The first-order valence-electron chi connectivity index (χ1n) is 11.4. The lowest BCUT2D eigenvalue weighted by atomic mass is 9.90. The fourth-order valence-electron chi connectivity index (χ4n) is 4.68. The summed E-state index contributed by atoms with van der Waals surface area (Å²) in [5.41, 5.74) is 3.94. The Kier molecular flexibility index (Phi) is 6.26. The van der Waals surface area contributed by atoms with Gasteiger partial charge in [-0.1, -0.05) is 17.8 Å². The Hall–Kier alpha value is -3.00. The van der Waals surface area contributed by atoms with Gasteiger partial charge >= 0.3 is 0 Å². The van der Waals surface area contributed by atoms with E-state index in [0.717, 1.165) is 47.8 Å². The average Bonchev–Trinajstić information content (AvgIpc) is 3.29. The van der Waals surface area contributed by atoms with Gasteiger partial charge in [-0.2, -0.15) is 0 Å². The van der Waals surface area contributed by atoms with Crippen LogP contribution in [0.2, 0.25) is 0 Å². The summed E-state index contributed by atoms with van der Waals surface area (Å²) in [5.74, 6) is 1.40. The molecular weight excluding hydrogens is 436 g/mol. The molecule has 8 heteroatoms. The first kappa shape index (κ1) is 21.8. The summed E-state index contributed by atoms with van der Waals surface area (Å²) in [6, 6.07) is 5.87. The van der Waals surface area contributed by atoms with Crippen molar-refractivity contribution in [3.05, 3.63) is 70.7 Å². The number of pyridine rings is 1. The number of hydrogen-bond acceptors (Lipinski definition) is 7. The number of thioether (sulfide) groups is 1. The zero-order valence-electron chi connectivity index (χ0n) is 18.6. The number of aromatic nitrogens is 3. The molecule has 0 bridgehead atoms. The van der Waals surface area contributed by atoms with Gasteiger partial charge in [-0.25, -0.2) is 9.97 Å². The molecule has 3 aromatic rings. The second-order valence-electron chi connectivity index (χ2n) is 8.65. The van der Waals surface area contributed by atoms with Gasteiger partial charge in [-0.3, -0.25) is 14.6 Å². The van der Waals surface area contributed by atoms with E-state index in [1.807, 2.05) is 36.2 Å². The minimum absolute atomic E-state index is 0.0168. The minimum Gasteiger partial charge on any atom is -0.468 e. The number of aryl methyl sites for hydroxylation is 2. The van der Waals surface area contributed by atoms with Crippen LogP contribution in [-0.4, -0.2) is 44.6 Å². The molecule has 170 valence electrons. The fourth-order valence-corrected chi connectivity index (χ4v) is 5.42. The van der Waals surface area contributed by atoms with Crippen LogP contribution in [0.5, 0.6) is 0 Å². The number of Topliss-reactive ketones (excluding diaryl/α,β-unsaturated/α-hetero) is 1. The predicted molar refractivity (Wildman–Crippen MR) is 124 cm³/mol. The third-order valence-electron chi connectivity index (χ3n) is 6.34. The summed E-state index contributed by atoms with van der Waals surface area (Å²) < 4.78 is 5.58. The van der Waals surface area contributed by atoms with E-state index < -0.39 is 0 Å². The summed E-state index contributed by atoms with van der Waals surface area (Å²) in [4.78, 5) is 41.3. The highest BCUT2D eigenvalue weighted by molar-refractivity contribution is 7.98. The molecule has 4 heterocycles. The summed E-state index contributed by atoms with van der Waals surface area (Å²) in [7, 11) is 0. The van der Waals surface area contributed by atoms with Crippen molar-refractivity contribution in [3.8, 4) is 0 Å². The van der Waals surface area contributed by atoms with Crippen LogP contribution >= 0.6 is 11.8 Å². The molecule has 2 aliphatic rings. The number of likely N-dealkylation sites (tertiary alicyclic amines) is 1. The van der Waals surface area contributed by atoms with Crippen LogP contribution in [0.3, 0.4) is 0 Å². The summed E-state index contributed by atoms with van der Waals surface area (Å²) >= 11 is 1.57. The number of carbonyl (C=O) groups is 2. The topological polar surface area (TPSA) is 89.2 Å². The highest BCUT2D eigenvalue weighted by Crippen LogP contribution is 2.32. The molecule has 0 saturated carbocycles. The molecule has 1 saturated heterocycles. The number of rotatable bonds is 5. The summed E-state index contributed by atoms with van der Waals surface area (Å²) in [6.45, 7) is 3.28. The second-order valence-corrected chi connectivity index (χ2v) is 9.59. The molecule has 1 aliphatic carbocycles. The lowest BCUT2D eigenvalue weighted by Gasteiger charge is -2.33. The number of ketones is 1. The molecule has 33 heavy (non-hydrogen) atoms. The maximum absolute atomic E-state index is 13.3. The molecule has 1 aliphatic heterocycles. The van der Waals surface area contributed by atoms with Gasteiger partial charge in [-0.15, -0.1) is 0 Å². The Bertz CT molecular complexity index is 1180. The molecule has 5 rings (SSSR count). The normalized spacial score (nSPS) is 18.3. The number of amides is 1. The number of nitrogens with zero attached hydrogens (tertiary/aromatic N) is 4. The molecule has 1 atom stereocenters. The van der Waals surface area contributed by atoms with Crippen molar-refractivity contribution in [1.82, 2.24) is 19.9 Å². The van der Waals surface area contributed by atoms with Crippen LogP contribution in [0.25, 0.3) is 0 Å². The SMILES string of the molecule is Cc1cnc(SCc2ccccn2)nc1C1CCCN(C(=O)c2coc3c2C(=O)CCC3)C1. The van der Waals surface area contributed by atoms with Gasteiger partial charge in [0, 0.05) is 50.0 Å². The third-order valence-corrected chi connectivity index (χ3v) is 7.24. The highest BCUT2D eigenvalue weighted by atomic mass is 32.2. The maximum Gasteiger partial charge on any atom is 0.257 e. The van der Waals surface area contributed by atoms with Gasteiger partial charge in [0.25, 0.3) is 5.91 Å². The van der Waals surface area contributed by atoms with E-state index in [0.29, 0.717) is 42.2 Å². The molecule has 1 fully saturated rings. The Morgan fingerprint density at radius 1 is 1.24 bits per heavy atom. The van der Waals surface area contributed by atoms with Gasteiger partial charge in [0.1, 0.15) is 12.0 Å². The van der Waals surface area contributed by atoms with E-state index in [9.17, 15) is 9.59 Å². The van der Waals surface area contributed by atoms with Crippen molar-refractivity contribution < 1.29 is 14.0 Å². The number of fused-ring (bicyclic) bond motifs is 1. The van der Waals surface area contributed by atoms with Crippen molar-refractivity contribution in [2.24, 2.45) is 0 Å². The van der Waals surface area contributed by atoms with Crippen molar-refractivity contribution in [2.75, 3.05) is 13.1 Å². The molecule has 0 radical (unpaired) electrons. The summed E-state index contributed by atoms with van der Waals surface area (Å²) in [6.07, 6.45) is 8.97. The van der Waals surface area contributed by atoms with E-state index in [1.165, 1.54) is 6.26 Å². The third kappa shape index (κ3) is 4.57. The van der Waals surface area contributed by atoms with Gasteiger partial charge in [-0.05, 0) is 43.9 Å². The van der Waals surface area contributed by atoms with Crippen LogP contribution in [0.4, 0.5) is 0 Å². The van der Waals surface area contributed by atoms with E-state index in [-0.39, 0.29) is 17.6 Å². The van der Waals surface area contributed by atoms with Gasteiger partial charge in [0.2, 0.25) is 0 Å². The lowest BCUT2D eigenvalue weighted by molar-refractivity contribution is 0.0700. The van der Waals surface area contributed by atoms with Crippen LogP contribution in [0.1, 0.15) is 75.0 Å². The maximum atomic E-state index is 13.3. The molecule has 0 spiro atoms. The number of piperidine rings is 1. The Balaban J connectivity index is 1.32. The van der Waals surface area contributed by atoms with E-state index >= 15 is 0 Å². The van der Waals surface area contributed by atoms with Crippen molar-refractivity contribution in [3.63, 3.8) is 0 Å². The van der Waals surface area contributed by atoms with E-state index in [4.69, 9.17) is 9.40 Å². The van der Waals surface area contributed by atoms with Crippen molar-refractivity contribution >= 4 is 23.5 Å². The first-order valence-corrected chi connectivity index (χ1v) is 12.4. The molecular formula is C25H26N4O3S. The Labute approximate surface area is 197 Å². The van der Waals surface area contributed by atoms with Crippen LogP contribution in [0, 0.1) is 6.92 Å². The predicted octanol–water partition coefficient (Wildman–Crippen LogP) is 4.60. The number of hydrogen-bond donors (Lipinski definition) is 0. The molecule has 1 amide bonds. The first-order chi connectivity index (χ1) is 16.1. The van der Waals surface area contributed by atoms with Gasteiger partial charge < -0.3 is 9.32 Å². The highest BCUT2D eigenvalue weighted by Gasteiger charge is 2.33. The monoisotopic (exact) mass is 462 g/mol. The van der Waals surface area contributed by atoms with E-state index in [2.05, 4.69) is 9.97 Å². The Morgan fingerprint density at radius 2 is 2.15 bits per heavy atom. The van der Waals surface area contributed by atoms with E-state index in [1.54, 1.807) is 18.0 Å². The average molecular weight is 463 g/mol. The summed E-state index contributed by atoms with van der Waals surface area (Å²) in [5, 5.41) is 0.721. The quantitative estimate of drug-likeness (QED) is 0.404. The zero-order chi connectivity index (χ0) is 22.8. The fraction of sp³-hybridized carbons (Fsp3) is 0.400. The van der Waals surface area contributed by atoms with Crippen LogP contribution in [-0.2, 0) is 12.2 Å². The van der Waals surface area contributed by atoms with Crippen molar-refractivity contribution in [2.45, 2.75) is 55.9 Å². The molecule has 1 unspecified atom stereocenters. The zero-order valence-corrected chi connectivity index (χ0v) is 19.4. The van der Waals surface area contributed by atoms with Crippen molar-refractivity contribution in [1.29, 1.82) is 0 Å². The lowest BCUT2D eigenvalue weighted by Crippen LogP contribution is -2.40. The number of furan rings is 1.